The zero-order chi connectivity index (χ0) is 12.3. The smallest absolute Gasteiger partial charge is 0.0195 e. The molecule has 0 saturated carbocycles. The quantitative estimate of drug-likeness (QED) is 0.604. The van der Waals surface area contributed by atoms with Gasteiger partial charge in [0.15, 0.2) is 0 Å². The lowest BCUT2D eigenvalue weighted by atomic mass is 9.94. The van der Waals surface area contributed by atoms with Crippen molar-refractivity contribution in [3.63, 3.8) is 0 Å². The Labute approximate surface area is 108 Å². The lowest BCUT2D eigenvalue weighted by molar-refractivity contribution is 0.310. The van der Waals surface area contributed by atoms with Crippen LogP contribution in [0.1, 0.15) is 65.2 Å². The van der Waals surface area contributed by atoms with Gasteiger partial charge in [-0.2, -0.15) is 0 Å². The molecule has 2 N–H and O–H groups in total. The largest absolute Gasteiger partial charge is 0.315 e. The van der Waals surface area contributed by atoms with Crippen molar-refractivity contribution in [3.05, 3.63) is 0 Å². The van der Waals surface area contributed by atoms with Crippen LogP contribution < -0.4 is 10.6 Å². The average Bonchev–Trinajstić information content (AvgIpc) is 2.33. The number of piperidine rings is 1. The van der Waals surface area contributed by atoms with Crippen molar-refractivity contribution >= 4 is 0 Å². The fourth-order valence-corrected chi connectivity index (χ4v) is 2.68. The molecule has 0 radical (unpaired) electrons. The standard InChI is InChI=1S/C15H32N2/c1-3-4-5-6-7-8-10-16-13-15-12-14(2)9-11-17-15/h14-17H,3-13H2,1-2H3. The zero-order valence-corrected chi connectivity index (χ0v) is 11.9. The number of rotatable bonds is 9. The summed E-state index contributed by atoms with van der Waals surface area (Å²) in [6.45, 7) is 8.24. The SMILES string of the molecule is CCCCCCCCNCC1CC(C)CCN1. The van der Waals surface area contributed by atoms with Gasteiger partial charge < -0.3 is 10.6 Å². The van der Waals surface area contributed by atoms with E-state index in [1.807, 2.05) is 0 Å². The van der Waals surface area contributed by atoms with Gasteiger partial charge in [-0.3, -0.25) is 0 Å². The third-order valence-electron chi connectivity index (χ3n) is 3.85. The van der Waals surface area contributed by atoms with Crippen LogP contribution in [0.15, 0.2) is 0 Å². The van der Waals surface area contributed by atoms with Crippen molar-refractivity contribution < 1.29 is 0 Å². The molecule has 0 spiro atoms. The summed E-state index contributed by atoms with van der Waals surface area (Å²) in [5, 5.41) is 7.21. The van der Waals surface area contributed by atoms with Gasteiger partial charge in [-0.1, -0.05) is 46.0 Å². The van der Waals surface area contributed by atoms with Crippen molar-refractivity contribution in [2.45, 2.75) is 71.3 Å². The van der Waals surface area contributed by atoms with Crippen LogP contribution in [-0.4, -0.2) is 25.7 Å². The Hall–Kier alpha value is -0.0800. The van der Waals surface area contributed by atoms with E-state index >= 15 is 0 Å². The van der Waals surface area contributed by atoms with Gasteiger partial charge in [0.1, 0.15) is 0 Å². The summed E-state index contributed by atoms with van der Waals surface area (Å²) in [5.41, 5.74) is 0. The first-order chi connectivity index (χ1) is 8.33. The second kappa shape index (κ2) is 9.90. The Kier molecular flexibility index (Phi) is 8.72. The first-order valence-corrected chi connectivity index (χ1v) is 7.77. The molecule has 1 aliphatic rings. The van der Waals surface area contributed by atoms with E-state index < -0.39 is 0 Å². The predicted octanol–water partition coefficient (Wildman–Crippen LogP) is 3.32. The molecule has 0 aliphatic carbocycles. The molecule has 1 aliphatic heterocycles. The molecule has 2 nitrogen and oxygen atoms in total. The van der Waals surface area contributed by atoms with E-state index in [0.717, 1.165) is 12.0 Å². The summed E-state index contributed by atoms with van der Waals surface area (Å²) in [7, 11) is 0. The summed E-state index contributed by atoms with van der Waals surface area (Å²) in [6.07, 6.45) is 11.1. The Morgan fingerprint density at radius 3 is 2.65 bits per heavy atom. The maximum absolute atomic E-state index is 3.61. The fourth-order valence-electron chi connectivity index (χ4n) is 2.68. The van der Waals surface area contributed by atoms with Crippen LogP contribution in [-0.2, 0) is 0 Å². The normalized spacial score (nSPS) is 25.1. The third-order valence-corrected chi connectivity index (χ3v) is 3.85. The molecular formula is C15H32N2. The van der Waals surface area contributed by atoms with E-state index in [1.54, 1.807) is 0 Å². The molecular weight excluding hydrogens is 208 g/mol. The molecule has 0 amide bonds. The highest BCUT2D eigenvalue weighted by Crippen LogP contribution is 2.14. The van der Waals surface area contributed by atoms with E-state index in [4.69, 9.17) is 0 Å². The van der Waals surface area contributed by atoms with Crippen LogP contribution in [0.4, 0.5) is 0 Å². The molecule has 102 valence electrons. The third kappa shape index (κ3) is 7.77. The Morgan fingerprint density at radius 1 is 1.12 bits per heavy atom. The van der Waals surface area contributed by atoms with Crippen molar-refractivity contribution in [3.8, 4) is 0 Å². The highest BCUT2D eigenvalue weighted by Gasteiger charge is 2.16. The maximum atomic E-state index is 3.61. The van der Waals surface area contributed by atoms with Gasteiger partial charge in [0.05, 0.1) is 0 Å². The van der Waals surface area contributed by atoms with Crippen LogP contribution in [0.2, 0.25) is 0 Å². The Balaban J connectivity index is 1.83. The van der Waals surface area contributed by atoms with Gasteiger partial charge in [-0.25, -0.2) is 0 Å². The van der Waals surface area contributed by atoms with E-state index in [0.29, 0.717) is 0 Å². The molecule has 2 atom stereocenters. The minimum Gasteiger partial charge on any atom is -0.315 e. The van der Waals surface area contributed by atoms with Crippen molar-refractivity contribution in [2.75, 3.05) is 19.6 Å². The summed E-state index contributed by atoms with van der Waals surface area (Å²) in [6, 6.07) is 0.721. The molecule has 0 aromatic heterocycles. The van der Waals surface area contributed by atoms with Crippen LogP contribution in [0, 0.1) is 5.92 Å². The molecule has 0 aromatic carbocycles. The number of hydrogen-bond acceptors (Lipinski definition) is 2. The second-order valence-electron chi connectivity index (χ2n) is 5.75. The fraction of sp³-hybridized carbons (Fsp3) is 1.00. The summed E-state index contributed by atoms with van der Waals surface area (Å²) in [4.78, 5) is 0. The minimum absolute atomic E-state index is 0.721. The van der Waals surface area contributed by atoms with Crippen molar-refractivity contribution in [1.29, 1.82) is 0 Å². The van der Waals surface area contributed by atoms with Crippen LogP contribution in [0.25, 0.3) is 0 Å². The van der Waals surface area contributed by atoms with Gasteiger partial charge in [0.25, 0.3) is 0 Å². The monoisotopic (exact) mass is 240 g/mol. The summed E-state index contributed by atoms with van der Waals surface area (Å²) >= 11 is 0. The van der Waals surface area contributed by atoms with Crippen LogP contribution in [0.3, 0.4) is 0 Å². The highest BCUT2D eigenvalue weighted by molar-refractivity contribution is 4.77. The maximum Gasteiger partial charge on any atom is 0.0195 e. The molecule has 1 saturated heterocycles. The van der Waals surface area contributed by atoms with Gasteiger partial charge in [-0.05, 0) is 38.3 Å². The van der Waals surface area contributed by atoms with E-state index in [1.165, 1.54) is 71.0 Å². The molecule has 0 bridgehead atoms. The summed E-state index contributed by atoms with van der Waals surface area (Å²) in [5.74, 6) is 0.914. The van der Waals surface area contributed by atoms with Gasteiger partial charge in [-0.15, -0.1) is 0 Å². The molecule has 1 rings (SSSR count). The highest BCUT2D eigenvalue weighted by atomic mass is 15.0. The molecule has 1 heterocycles. The van der Waals surface area contributed by atoms with Gasteiger partial charge in [0.2, 0.25) is 0 Å². The van der Waals surface area contributed by atoms with E-state index in [9.17, 15) is 0 Å². The second-order valence-corrected chi connectivity index (χ2v) is 5.75. The van der Waals surface area contributed by atoms with Gasteiger partial charge >= 0.3 is 0 Å². The molecule has 2 unspecified atom stereocenters. The number of hydrogen-bond donors (Lipinski definition) is 2. The Morgan fingerprint density at radius 2 is 1.88 bits per heavy atom. The van der Waals surface area contributed by atoms with E-state index in [2.05, 4.69) is 24.5 Å². The number of nitrogens with one attached hydrogen (secondary N) is 2. The molecule has 2 heteroatoms. The summed E-state index contributed by atoms with van der Waals surface area (Å²) < 4.78 is 0. The van der Waals surface area contributed by atoms with Crippen LogP contribution >= 0.6 is 0 Å². The average molecular weight is 240 g/mol. The first kappa shape index (κ1) is 15.0. The molecule has 17 heavy (non-hydrogen) atoms. The zero-order valence-electron chi connectivity index (χ0n) is 11.9. The van der Waals surface area contributed by atoms with Crippen LogP contribution in [0.5, 0.6) is 0 Å². The van der Waals surface area contributed by atoms with Crippen molar-refractivity contribution in [1.82, 2.24) is 10.6 Å². The topological polar surface area (TPSA) is 24.1 Å². The lowest BCUT2D eigenvalue weighted by Crippen LogP contribution is -2.44. The lowest BCUT2D eigenvalue weighted by Gasteiger charge is -2.28. The minimum atomic E-state index is 0.721. The Bertz CT molecular complexity index is 170. The first-order valence-electron chi connectivity index (χ1n) is 7.77. The number of unbranched alkanes of at least 4 members (excludes halogenated alkanes) is 5. The molecule has 1 fully saturated rings. The molecule has 0 aromatic rings. The van der Waals surface area contributed by atoms with Gasteiger partial charge in [0, 0.05) is 12.6 Å². The predicted molar refractivity (Wildman–Crippen MR) is 76.4 cm³/mol. The van der Waals surface area contributed by atoms with E-state index in [-0.39, 0.29) is 0 Å². The van der Waals surface area contributed by atoms with Crippen molar-refractivity contribution in [2.24, 2.45) is 5.92 Å².